The molecule has 0 fully saturated rings. The number of amides is 1. The van der Waals surface area contributed by atoms with Crippen molar-refractivity contribution in [3.8, 4) is 0 Å². The van der Waals surface area contributed by atoms with Crippen LogP contribution in [0.4, 0.5) is 24.7 Å². The lowest BCUT2D eigenvalue weighted by Gasteiger charge is -2.34. The van der Waals surface area contributed by atoms with Gasteiger partial charge in [0.2, 0.25) is 5.91 Å². The van der Waals surface area contributed by atoms with Gasteiger partial charge in [-0.25, -0.2) is 18.2 Å². The first-order chi connectivity index (χ1) is 13.5. The molecule has 0 aliphatic carbocycles. The van der Waals surface area contributed by atoms with E-state index >= 15 is 0 Å². The molecule has 4 nitrogen and oxygen atoms in total. The minimum Gasteiger partial charge on any atom is -0.365 e. The molecular formula is C22H26F3N3O. The van der Waals surface area contributed by atoms with E-state index < -0.39 is 17.5 Å². The van der Waals surface area contributed by atoms with E-state index in [1.165, 1.54) is 18.2 Å². The number of aromatic nitrogens is 1. The highest BCUT2D eigenvalue weighted by Crippen LogP contribution is 2.33. The Balaban J connectivity index is 1.87. The van der Waals surface area contributed by atoms with Crippen molar-refractivity contribution in [2.24, 2.45) is 11.3 Å². The molecule has 3 rings (SSSR count). The Hall–Kier alpha value is -2.57. The summed E-state index contributed by atoms with van der Waals surface area (Å²) < 4.78 is 42.0. The van der Waals surface area contributed by atoms with Gasteiger partial charge in [-0.15, -0.1) is 0 Å². The molecule has 1 aliphatic heterocycles. The van der Waals surface area contributed by atoms with Crippen LogP contribution in [0.15, 0.2) is 24.3 Å². The maximum Gasteiger partial charge on any atom is 0.226 e. The molecule has 0 saturated heterocycles. The van der Waals surface area contributed by atoms with Crippen molar-refractivity contribution in [3.05, 3.63) is 53.0 Å². The molecule has 0 bridgehead atoms. The molecule has 0 saturated carbocycles. The van der Waals surface area contributed by atoms with Crippen molar-refractivity contribution < 1.29 is 18.0 Å². The predicted molar refractivity (Wildman–Crippen MR) is 107 cm³/mol. The Morgan fingerprint density at radius 3 is 2.59 bits per heavy atom. The average molecular weight is 405 g/mol. The van der Waals surface area contributed by atoms with Crippen molar-refractivity contribution in [1.29, 1.82) is 0 Å². The van der Waals surface area contributed by atoms with Crippen LogP contribution in [-0.4, -0.2) is 17.4 Å². The summed E-state index contributed by atoms with van der Waals surface area (Å²) in [5.74, 6) is -2.07. The predicted octanol–water partition coefficient (Wildman–Crippen LogP) is 5.07. The SMILES string of the molecule is C[C@H]1Cc2nc(NC(=O)CC(C)(C)C)c(F)cc2N(Cc2ccc(F)cc2F)C1. The number of halogens is 3. The van der Waals surface area contributed by atoms with Crippen LogP contribution in [0.5, 0.6) is 0 Å². The van der Waals surface area contributed by atoms with Crippen molar-refractivity contribution in [1.82, 2.24) is 4.98 Å². The zero-order valence-electron chi connectivity index (χ0n) is 17.2. The highest BCUT2D eigenvalue weighted by molar-refractivity contribution is 5.90. The third-order valence-corrected chi connectivity index (χ3v) is 4.77. The van der Waals surface area contributed by atoms with Crippen LogP contribution in [-0.2, 0) is 17.8 Å². The van der Waals surface area contributed by atoms with Gasteiger partial charge in [0.1, 0.15) is 11.6 Å². The maximum absolute atomic E-state index is 14.7. The molecule has 1 N–H and O–H groups in total. The molecule has 1 atom stereocenters. The van der Waals surface area contributed by atoms with Crippen molar-refractivity contribution in [3.63, 3.8) is 0 Å². The van der Waals surface area contributed by atoms with E-state index in [0.29, 0.717) is 29.9 Å². The first-order valence-corrected chi connectivity index (χ1v) is 9.70. The lowest BCUT2D eigenvalue weighted by atomic mass is 9.92. The molecule has 2 heterocycles. The second-order valence-corrected chi connectivity index (χ2v) is 9.00. The van der Waals surface area contributed by atoms with E-state index in [0.717, 1.165) is 6.07 Å². The van der Waals surface area contributed by atoms with Gasteiger partial charge in [-0.05, 0) is 23.8 Å². The highest BCUT2D eigenvalue weighted by Gasteiger charge is 2.27. The normalized spacial score (nSPS) is 16.5. The van der Waals surface area contributed by atoms with E-state index in [4.69, 9.17) is 0 Å². The smallest absolute Gasteiger partial charge is 0.226 e. The Bertz CT molecular complexity index is 924. The number of pyridine rings is 1. The summed E-state index contributed by atoms with van der Waals surface area (Å²) >= 11 is 0. The van der Waals surface area contributed by atoms with Crippen LogP contribution in [0.1, 0.15) is 45.4 Å². The molecule has 7 heteroatoms. The zero-order chi connectivity index (χ0) is 21.3. The summed E-state index contributed by atoms with van der Waals surface area (Å²) in [6.07, 6.45) is 0.873. The minimum atomic E-state index is -0.637. The molecule has 0 unspecified atom stereocenters. The van der Waals surface area contributed by atoms with Crippen LogP contribution < -0.4 is 10.2 Å². The number of nitrogens with zero attached hydrogens (tertiary/aromatic N) is 2. The third kappa shape index (κ3) is 5.28. The maximum atomic E-state index is 14.7. The van der Waals surface area contributed by atoms with Gasteiger partial charge in [-0.1, -0.05) is 33.8 Å². The van der Waals surface area contributed by atoms with Gasteiger partial charge in [0, 0.05) is 37.2 Å². The van der Waals surface area contributed by atoms with E-state index in [2.05, 4.69) is 10.3 Å². The number of hydrogen-bond donors (Lipinski definition) is 1. The number of nitrogens with one attached hydrogen (secondary N) is 1. The van der Waals surface area contributed by atoms with Crippen molar-refractivity contribution >= 4 is 17.4 Å². The quantitative estimate of drug-likeness (QED) is 0.772. The van der Waals surface area contributed by atoms with E-state index in [1.807, 2.05) is 32.6 Å². The van der Waals surface area contributed by atoms with Crippen LogP contribution in [0.25, 0.3) is 0 Å². The van der Waals surface area contributed by atoms with Crippen molar-refractivity contribution in [2.75, 3.05) is 16.8 Å². The van der Waals surface area contributed by atoms with Crippen LogP contribution in [0, 0.1) is 28.8 Å². The monoisotopic (exact) mass is 405 g/mol. The number of anilines is 2. The summed E-state index contributed by atoms with van der Waals surface area (Å²) in [7, 11) is 0. The molecule has 2 aromatic rings. The number of rotatable bonds is 4. The average Bonchev–Trinajstić information content (AvgIpc) is 2.57. The van der Waals surface area contributed by atoms with E-state index in [9.17, 15) is 18.0 Å². The van der Waals surface area contributed by atoms with Gasteiger partial charge in [-0.3, -0.25) is 4.79 Å². The molecule has 29 heavy (non-hydrogen) atoms. The molecule has 156 valence electrons. The summed E-state index contributed by atoms with van der Waals surface area (Å²) in [4.78, 5) is 18.4. The third-order valence-electron chi connectivity index (χ3n) is 4.77. The van der Waals surface area contributed by atoms with Gasteiger partial charge >= 0.3 is 0 Å². The fraction of sp³-hybridized carbons (Fsp3) is 0.455. The summed E-state index contributed by atoms with van der Waals surface area (Å²) in [5.41, 5.74) is 1.32. The molecule has 1 amide bonds. The molecular weight excluding hydrogens is 379 g/mol. The van der Waals surface area contributed by atoms with Gasteiger partial charge in [0.25, 0.3) is 0 Å². The van der Waals surface area contributed by atoms with Gasteiger partial charge in [0.15, 0.2) is 11.6 Å². The Kier molecular flexibility index (Phi) is 5.87. The summed E-state index contributed by atoms with van der Waals surface area (Å²) in [5, 5.41) is 2.57. The largest absolute Gasteiger partial charge is 0.365 e. The standard InChI is InChI=1S/C22H26F3N3O/c1-13-7-18-19(28(11-13)12-14-5-6-15(23)8-16(14)24)9-17(25)21(26-18)27-20(29)10-22(2,3)4/h5-6,8-9,13H,7,10-12H2,1-4H3,(H,26,27,29)/t13-/m0/s1. The number of benzene rings is 1. The zero-order valence-corrected chi connectivity index (χ0v) is 17.2. The number of hydrogen-bond acceptors (Lipinski definition) is 3. The summed E-state index contributed by atoms with van der Waals surface area (Å²) in [6, 6.07) is 4.78. The molecule has 1 aromatic carbocycles. The lowest BCUT2D eigenvalue weighted by Crippen LogP contribution is -2.35. The number of fused-ring (bicyclic) bond motifs is 1. The lowest BCUT2D eigenvalue weighted by molar-refractivity contribution is -0.117. The Morgan fingerprint density at radius 1 is 1.21 bits per heavy atom. The number of carbonyl (C=O) groups excluding carboxylic acids is 1. The first kappa shape index (κ1) is 21.1. The van der Waals surface area contributed by atoms with Crippen LogP contribution in [0.2, 0.25) is 0 Å². The van der Waals surface area contributed by atoms with E-state index in [-0.39, 0.29) is 36.0 Å². The topological polar surface area (TPSA) is 45.2 Å². The van der Waals surface area contributed by atoms with Gasteiger partial charge in [-0.2, -0.15) is 0 Å². The fourth-order valence-corrected chi connectivity index (χ4v) is 3.56. The Labute approximate surface area is 169 Å². The number of carbonyl (C=O) groups is 1. The van der Waals surface area contributed by atoms with Gasteiger partial charge in [0.05, 0.1) is 11.4 Å². The first-order valence-electron chi connectivity index (χ1n) is 9.70. The molecule has 0 radical (unpaired) electrons. The van der Waals surface area contributed by atoms with Crippen LogP contribution >= 0.6 is 0 Å². The van der Waals surface area contributed by atoms with Crippen molar-refractivity contribution in [2.45, 2.75) is 47.1 Å². The van der Waals surface area contributed by atoms with Gasteiger partial charge < -0.3 is 10.2 Å². The summed E-state index contributed by atoms with van der Waals surface area (Å²) in [6.45, 7) is 8.59. The Morgan fingerprint density at radius 2 is 1.93 bits per heavy atom. The second kappa shape index (κ2) is 8.05. The minimum absolute atomic E-state index is 0.0833. The molecule has 1 aromatic heterocycles. The molecule has 0 spiro atoms. The van der Waals surface area contributed by atoms with Crippen LogP contribution in [0.3, 0.4) is 0 Å². The molecule has 1 aliphatic rings. The van der Waals surface area contributed by atoms with E-state index in [1.54, 1.807) is 0 Å². The fourth-order valence-electron chi connectivity index (χ4n) is 3.56. The second-order valence-electron chi connectivity index (χ2n) is 9.00. The highest BCUT2D eigenvalue weighted by atomic mass is 19.1.